The van der Waals surface area contributed by atoms with Crippen molar-refractivity contribution in [3.63, 3.8) is 0 Å². The second kappa shape index (κ2) is 5.44. The molecule has 0 aliphatic heterocycles. The number of hydrogen-bond acceptors (Lipinski definition) is 3. The number of fused-ring (bicyclic) bond motifs is 1. The van der Waals surface area contributed by atoms with Gasteiger partial charge in [0, 0.05) is 18.7 Å². The van der Waals surface area contributed by atoms with Crippen molar-refractivity contribution in [3.05, 3.63) is 54.0 Å². The van der Waals surface area contributed by atoms with Crippen molar-refractivity contribution in [2.75, 3.05) is 0 Å². The van der Waals surface area contributed by atoms with Gasteiger partial charge in [0.1, 0.15) is 17.1 Å². The molecule has 0 unspecified atom stereocenters. The molecule has 0 radical (unpaired) electrons. The summed E-state index contributed by atoms with van der Waals surface area (Å²) in [5.74, 6) is 1.35. The minimum atomic E-state index is 0.305. The summed E-state index contributed by atoms with van der Waals surface area (Å²) < 4.78 is 2.33. The molecule has 4 heteroatoms. The standard InChI is InChI=1S/C18H19N3O/c22-15-8-3-5-13(11-15)12-17-20-16-9-4-10-19-18(16)21(17)14-6-1-2-7-14/h3-5,8-11,14,22H,1-2,6-7,12H2. The lowest BCUT2D eigenvalue weighted by Gasteiger charge is -2.15. The van der Waals surface area contributed by atoms with Gasteiger partial charge in [0.25, 0.3) is 0 Å². The van der Waals surface area contributed by atoms with Crippen LogP contribution in [0.1, 0.15) is 43.1 Å². The highest BCUT2D eigenvalue weighted by Crippen LogP contribution is 2.33. The summed E-state index contributed by atoms with van der Waals surface area (Å²) in [6, 6.07) is 11.9. The van der Waals surface area contributed by atoms with Crippen molar-refractivity contribution in [1.82, 2.24) is 14.5 Å². The van der Waals surface area contributed by atoms with Crippen molar-refractivity contribution >= 4 is 11.2 Å². The zero-order valence-corrected chi connectivity index (χ0v) is 12.4. The molecular formula is C18H19N3O. The van der Waals surface area contributed by atoms with Gasteiger partial charge >= 0.3 is 0 Å². The normalized spacial score (nSPS) is 15.6. The Kier molecular flexibility index (Phi) is 3.29. The van der Waals surface area contributed by atoms with Gasteiger partial charge in [-0.2, -0.15) is 0 Å². The third-order valence-electron chi connectivity index (χ3n) is 4.48. The molecule has 1 aromatic carbocycles. The van der Waals surface area contributed by atoms with E-state index >= 15 is 0 Å². The molecule has 1 fully saturated rings. The van der Waals surface area contributed by atoms with Gasteiger partial charge in [-0.1, -0.05) is 25.0 Å². The van der Waals surface area contributed by atoms with E-state index in [4.69, 9.17) is 4.98 Å². The summed E-state index contributed by atoms with van der Waals surface area (Å²) >= 11 is 0. The van der Waals surface area contributed by atoms with Crippen molar-refractivity contribution in [1.29, 1.82) is 0 Å². The molecule has 4 rings (SSSR count). The number of hydrogen-bond donors (Lipinski definition) is 1. The first-order valence-electron chi connectivity index (χ1n) is 7.91. The molecule has 0 amide bonds. The fraction of sp³-hybridized carbons (Fsp3) is 0.333. The van der Waals surface area contributed by atoms with Crippen LogP contribution in [0.25, 0.3) is 11.2 Å². The van der Waals surface area contributed by atoms with Crippen LogP contribution in [0.4, 0.5) is 0 Å². The van der Waals surface area contributed by atoms with Gasteiger partial charge in [0.05, 0.1) is 0 Å². The minimum absolute atomic E-state index is 0.305. The molecule has 1 aliphatic carbocycles. The molecular weight excluding hydrogens is 274 g/mol. The molecule has 1 N–H and O–H groups in total. The van der Waals surface area contributed by atoms with E-state index in [2.05, 4.69) is 9.55 Å². The fourth-order valence-corrected chi connectivity index (χ4v) is 3.50. The summed E-state index contributed by atoms with van der Waals surface area (Å²) in [6.07, 6.45) is 7.53. The number of nitrogens with zero attached hydrogens (tertiary/aromatic N) is 3. The Morgan fingerprint density at radius 2 is 2.00 bits per heavy atom. The van der Waals surface area contributed by atoms with Crippen LogP contribution in [-0.4, -0.2) is 19.6 Å². The molecule has 0 spiro atoms. The van der Waals surface area contributed by atoms with E-state index in [1.54, 1.807) is 6.07 Å². The first-order chi connectivity index (χ1) is 10.8. The van der Waals surface area contributed by atoms with Crippen LogP contribution in [0, 0.1) is 0 Å². The number of phenolic OH excluding ortho intramolecular Hbond substituents is 1. The third-order valence-corrected chi connectivity index (χ3v) is 4.48. The lowest BCUT2D eigenvalue weighted by Crippen LogP contribution is -2.10. The smallest absolute Gasteiger partial charge is 0.160 e. The predicted molar refractivity (Wildman–Crippen MR) is 85.9 cm³/mol. The highest BCUT2D eigenvalue weighted by atomic mass is 16.3. The number of rotatable bonds is 3. The number of pyridine rings is 1. The molecule has 1 saturated carbocycles. The largest absolute Gasteiger partial charge is 0.508 e. The highest BCUT2D eigenvalue weighted by Gasteiger charge is 2.23. The van der Waals surface area contributed by atoms with Crippen LogP contribution < -0.4 is 0 Å². The molecule has 4 nitrogen and oxygen atoms in total. The number of aromatic hydroxyl groups is 1. The Hall–Kier alpha value is -2.36. The molecule has 2 aromatic heterocycles. The maximum Gasteiger partial charge on any atom is 0.160 e. The summed E-state index contributed by atoms with van der Waals surface area (Å²) in [5.41, 5.74) is 3.03. The summed E-state index contributed by atoms with van der Waals surface area (Å²) in [6.45, 7) is 0. The fourth-order valence-electron chi connectivity index (χ4n) is 3.50. The Morgan fingerprint density at radius 1 is 1.14 bits per heavy atom. The third kappa shape index (κ3) is 2.34. The molecule has 0 bridgehead atoms. The quantitative estimate of drug-likeness (QED) is 0.798. The molecule has 22 heavy (non-hydrogen) atoms. The van der Waals surface area contributed by atoms with Crippen molar-refractivity contribution < 1.29 is 5.11 Å². The maximum absolute atomic E-state index is 9.67. The number of aromatic nitrogens is 3. The van der Waals surface area contributed by atoms with E-state index in [9.17, 15) is 5.11 Å². The van der Waals surface area contributed by atoms with Crippen LogP contribution in [0.5, 0.6) is 5.75 Å². The minimum Gasteiger partial charge on any atom is -0.508 e. The van der Waals surface area contributed by atoms with Crippen LogP contribution in [-0.2, 0) is 6.42 Å². The van der Waals surface area contributed by atoms with Crippen molar-refractivity contribution in [2.24, 2.45) is 0 Å². The molecule has 2 heterocycles. The Balaban J connectivity index is 1.80. The van der Waals surface area contributed by atoms with Gasteiger partial charge < -0.3 is 9.67 Å². The SMILES string of the molecule is Oc1cccc(Cc2nc3cccnc3n2C2CCCC2)c1. The van der Waals surface area contributed by atoms with Gasteiger partial charge in [-0.3, -0.25) is 0 Å². The predicted octanol–water partition coefficient (Wildman–Crippen LogP) is 3.84. The zero-order valence-electron chi connectivity index (χ0n) is 12.4. The van der Waals surface area contributed by atoms with Crippen LogP contribution in [0.2, 0.25) is 0 Å². The van der Waals surface area contributed by atoms with Crippen LogP contribution in [0.3, 0.4) is 0 Å². The van der Waals surface area contributed by atoms with E-state index in [-0.39, 0.29) is 0 Å². The number of imidazole rings is 1. The van der Waals surface area contributed by atoms with Gasteiger partial charge in [-0.15, -0.1) is 0 Å². The van der Waals surface area contributed by atoms with E-state index in [0.717, 1.165) is 29.0 Å². The number of phenols is 1. The molecule has 0 atom stereocenters. The van der Waals surface area contributed by atoms with Crippen LogP contribution >= 0.6 is 0 Å². The lowest BCUT2D eigenvalue weighted by atomic mass is 10.1. The van der Waals surface area contributed by atoms with E-state index in [1.807, 2.05) is 36.5 Å². The first-order valence-corrected chi connectivity index (χ1v) is 7.91. The average molecular weight is 293 g/mol. The summed E-state index contributed by atoms with van der Waals surface area (Å²) in [7, 11) is 0. The van der Waals surface area contributed by atoms with Crippen LogP contribution in [0.15, 0.2) is 42.6 Å². The molecule has 3 aromatic rings. The van der Waals surface area contributed by atoms with E-state index in [0.29, 0.717) is 11.8 Å². The van der Waals surface area contributed by atoms with Gasteiger partial charge in [0.2, 0.25) is 0 Å². The van der Waals surface area contributed by atoms with Crippen molar-refractivity contribution in [2.45, 2.75) is 38.1 Å². The second-order valence-corrected chi connectivity index (χ2v) is 6.03. The highest BCUT2D eigenvalue weighted by molar-refractivity contribution is 5.71. The van der Waals surface area contributed by atoms with Crippen molar-refractivity contribution in [3.8, 4) is 5.75 Å². The molecule has 1 aliphatic rings. The second-order valence-electron chi connectivity index (χ2n) is 6.03. The topological polar surface area (TPSA) is 50.9 Å². The van der Waals surface area contributed by atoms with Gasteiger partial charge in [0.15, 0.2) is 5.65 Å². The summed E-state index contributed by atoms with van der Waals surface area (Å²) in [4.78, 5) is 9.36. The first kappa shape index (κ1) is 13.3. The summed E-state index contributed by atoms with van der Waals surface area (Å²) in [5, 5.41) is 9.67. The van der Waals surface area contributed by atoms with Gasteiger partial charge in [-0.25, -0.2) is 9.97 Å². The van der Waals surface area contributed by atoms with E-state index in [1.165, 1.54) is 25.7 Å². The van der Waals surface area contributed by atoms with E-state index < -0.39 is 0 Å². The number of benzene rings is 1. The average Bonchev–Trinajstić information content (AvgIpc) is 3.13. The maximum atomic E-state index is 9.67. The molecule has 112 valence electrons. The molecule has 0 saturated heterocycles. The zero-order chi connectivity index (χ0) is 14.9. The Labute approximate surface area is 129 Å². The Bertz CT molecular complexity index is 803. The lowest BCUT2D eigenvalue weighted by molar-refractivity contribution is 0.474. The Morgan fingerprint density at radius 3 is 2.82 bits per heavy atom. The monoisotopic (exact) mass is 293 g/mol. The van der Waals surface area contributed by atoms with Gasteiger partial charge in [-0.05, 0) is 42.7 Å².